The summed E-state index contributed by atoms with van der Waals surface area (Å²) in [5, 5.41) is 9.23. The summed E-state index contributed by atoms with van der Waals surface area (Å²) in [6.07, 6.45) is 4.77. The minimum atomic E-state index is -0.767. The Hall–Kier alpha value is -1.51. The maximum absolute atomic E-state index is 11.2. The van der Waals surface area contributed by atoms with Crippen molar-refractivity contribution < 1.29 is 14.6 Å². The molecule has 1 N–H and O–H groups in total. The van der Waals surface area contributed by atoms with Crippen LogP contribution in [0.4, 0.5) is 0 Å². The highest BCUT2D eigenvalue weighted by atomic mass is 16.5. The molecular weight excluding hydrogens is 264 g/mol. The number of hydrogen-bond acceptors (Lipinski definition) is 2. The number of aliphatic carboxylic acids is 1. The Morgan fingerprint density at radius 3 is 2.14 bits per heavy atom. The van der Waals surface area contributed by atoms with Crippen molar-refractivity contribution in [2.24, 2.45) is 0 Å². The molecule has 1 aliphatic rings. The van der Waals surface area contributed by atoms with Crippen molar-refractivity contribution in [2.75, 3.05) is 7.11 Å². The highest BCUT2D eigenvalue weighted by Crippen LogP contribution is 2.44. The molecule has 1 aliphatic carbocycles. The standard InChI is InChI=1S/C18H26O3/c1-11-13-8-6-7-9-14(13)12(2)17(21-5)16(11)18(3,4)10-15(19)20/h6-10H2,1-5H3,(H,19,20). The number of fused-ring (bicyclic) bond motifs is 1. The smallest absolute Gasteiger partial charge is 0.304 e. The number of benzene rings is 1. The number of methoxy groups -OCH3 is 1. The molecule has 0 radical (unpaired) electrons. The third-order valence-corrected chi connectivity index (χ3v) is 4.79. The molecule has 0 saturated heterocycles. The molecule has 116 valence electrons. The van der Waals surface area contributed by atoms with Crippen molar-refractivity contribution in [2.45, 2.75) is 65.2 Å². The van der Waals surface area contributed by atoms with Gasteiger partial charge in [-0.25, -0.2) is 0 Å². The molecule has 0 unspecified atom stereocenters. The van der Waals surface area contributed by atoms with Crippen LogP contribution in [0.25, 0.3) is 0 Å². The third-order valence-electron chi connectivity index (χ3n) is 4.79. The van der Waals surface area contributed by atoms with Gasteiger partial charge in [-0.3, -0.25) is 4.79 Å². The molecule has 1 aromatic rings. The number of ether oxygens (including phenoxy) is 1. The molecule has 0 aliphatic heterocycles. The normalized spacial score (nSPS) is 14.7. The van der Waals surface area contributed by atoms with Gasteiger partial charge in [-0.2, -0.15) is 0 Å². The predicted octanol–water partition coefficient (Wildman–Crippen LogP) is 3.94. The van der Waals surface area contributed by atoms with Crippen molar-refractivity contribution in [1.82, 2.24) is 0 Å². The second kappa shape index (κ2) is 5.70. The van der Waals surface area contributed by atoms with Gasteiger partial charge >= 0.3 is 5.97 Å². The Morgan fingerprint density at radius 2 is 1.67 bits per heavy atom. The van der Waals surface area contributed by atoms with Crippen molar-refractivity contribution in [1.29, 1.82) is 0 Å². The van der Waals surface area contributed by atoms with E-state index in [9.17, 15) is 9.90 Å². The van der Waals surface area contributed by atoms with E-state index >= 15 is 0 Å². The molecule has 0 atom stereocenters. The molecule has 2 rings (SSSR count). The van der Waals surface area contributed by atoms with Crippen LogP contribution in [0.15, 0.2) is 0 Å². The molecule has 0 amide bonds. The molecular formula is C18H26O3. The van der Waals surface area contributed by atoms with Gasteiger partial charge in [-0.15, -0.1) is 0 Å². The molecule has 0 aromatic heterocycles. The number of rotatable bonds is 4. The van der Waals surface area contributed by atoms with Crippen molar-refractivity contribution in [3.63, 3.8) is 0 Å². The number of carboxylic acid groups (broad SMARTS) is 1. The van der Waals surface area contributed by atoms with E-state index in [1.807, 2.05) is 13.8 Å². The summed E-state index contributed by atoms with van der Waals surface area (Å²) in [6.45, 7) is 8.25. The van der Waals surface area contributed by atoms with Crippen LogP contribution in [-0.2, 0) is 23.1 Å². The lowest BCUT2D eigenvalue weighted by atomic mass is 9.73. The lowest BCUT2D eigenvalue weighted by molar-refractivity contribution is -0.138. The molecule has 0 spiro atoms. The summed E-state index contributed by atoms with van der Waals surface area (Å²) in [5.41, 5.74) is 5.92. The molecule has 1 aromatic carbocycles. The van der Waals surface area contributed by atoms with Crippen LogP contribution in [0.3, 0.4) is 0 Å². The third kappa shape index (κ3) is 2.78. The molecule has 21 heavy (non-hydrogen) atoms. The van der Waals surface area contributed by atoms with Gasteiger partial charge in [-0.05, 0) is 61.8 Å². The second-order valence-corrected chi connectivity index (χ2v) is 6.78. The van der Waals surface area contributed by atoms with Crippen molar-refractivity contribution in [3.8, 4) is 5.75 Å². The van der Waals surface area contributed by atoms with Crippen LogP contribution in [0.2, 0.25) is 0 Å². The first kappa shape index (κ1) is 15.9. The summed E-state index contributed by atoms with van der Waals surface area (Å²) in [5.74, 6) is 0.122. The monoisotopic (exact) mass is 290 g/mol. The van der Waals surface area contributed by atoms with Gasteiger partial charge in [0.05, 0.1) is 13.5 Å². The fraction of sp³-hybridized carbons (Fsp3) is 0.611. The SMILES string of the molecule is COc1c(C)c2c(c(C)c1C(C)(C)CC(=O)O)CCCC2. The minimum Gasteiger partial charge on any atom is -0.496 e. The van der Waals surface area contributed by atoms with Crippen molar-refractivity contribution in [3.05, 3.63) is 27.8 Å². The Kier molecular flexibility index (Phi) is 4.31. The largest absolute Gasteiger partial charge is 0.496 e. The average molecular weight is 290 g/mol. The van der Waals surface area contributed by atoms with Crippen LogP contribution in [-0.4, -0.2) is 18.2 Å². The Bertz CT molecular complexity index is 571. The van der Waals surface area contributed by atoms with Gasteiger partial charge < -0.3 is 9.84 Å². The predicted molar refractivity (Wildman–Crippen MR) is 84.4 cm³/mol. The Labute approximate surface area is 127 Å². The first-order valence-corrected chi connectivity index (χ1v) is 7.70. The molecule has 0 heterocycles. The van der Waals surface area contributed by atoms with Gasteiger partial charge in [0.1, 0.15) is 5.75 Å². The van der Waals surface area contributed by atoms with Crippen molar-refractivity contribution >= 4 is 5.97 Å². The van der Waals surface area contributed by atoms with Crippen LogP contribution in [0.1, 0.15) is 60.9 Å². The highest BCUT2D eigenvalue weighted by Gasteiger charge is 2.33. The van der Waals surface area contributed by atoms with E-state index in [-0.39, 0.29) is 6.42 Å². The summed E-state index contributed by atoms with van der Waals surface area (Å²) < 4.78 is 5.70. The maximum atomic E-state index is 11.2. The first-order valence-electron chi connectivity index (χ1n) is 7.70. The van der Waals surface area contributed by atoms with E-state index in [0.29, 0.717) is 0 Å². The van der Waals surface area contributed by atoms with Gasteiger partial charge in [0, 0.05) is 11.0 Å². The fourth-order valence-corrected chi connectivity index (χ4v) is 3.92. The van der Waals surface area contributed by atoms with Gasteiger partial charge in [0.2, 0.25) is 0 Å². The van der Waals surface area contributed by atoms with E-state index in [1.165, 1.54) is 35.1 Å². The Balaban J connectivity index is 2.70. The maximum Gasteiger partial charge on any atom is 0.304 e. The Morgan fingerprint density at radius 1 is 1.14 bits per heavy atom. The quantitative estimate of drug-likeness (QED) is 0.913. The fourth-order valence-electron chi connectivity index (χ4n) is 3.92. The van der Waals surface area contributed by atoms with Gasteiger partial charge in [0.25, 0.3) is 0 Å². The zero-order valence-electron chi connectivity index (χ0n) is 13.8. The minimum absolute atomic E-state index is 0.114. The van der Waals surface area contributed by atoms with E-state index in [4.69, 9.17) is 4.74 Å². The lowest BCUT2D eigenvalue weighted by Gasteiger charge is -2.33. The number of carboxylic acids is 1. The van der Waals surface area contributed by atoms with Crippen LogP contribution < -0.4 is 4.74 Å². The average Bonchev–Trinajstić information content (AvgIpc) is 2.40. The summed E-state index contributed by atoms with van der Waals surface area (Å²) in [7, 11) is 1.69. The first-order chi connectivity index (χ1) is 9.79. The molecule has 0 fully saturated rings. The molecule has 0 saturated carbocycles. The van der Waals surface area contributed by atoms with Crippen LogP contribution in [0, 0.1) is 13.8 Å². The zero-order chi connectivity index (χ0) is 15.8. The van der Waals surface area contributed by atoms with E-state index < -0.39 is 11.4 Å². The van der Waals surface area contributed by atoms with E-state index in [0.717, 1.165) is 24.2 Å². The summed E-state index contributed by atoms with van der Waals surface area (Å²) in [4.78, 5) is 11.2. The lowest BCUT2D eigenvalue weighted by Crippen LogP contribution is -2.26. The van der Waals surface area contributed by atoms with Crippen LogP contribution in [0.5, 0.6) is 5.75 Å². The zero-order valence-corrected chi connectivity index (χ0v) is 13.8. The highest BCUT2D eigenvalue weighted by molar-refractivity contribution is 5.70. The van der Waals surface area contributed by atoms with Crippen LogP contribution >= 0.6 is 0 Å². The number of hydrogen-bond donors (Lipinski definition) is 1. The summed E-state index contributed by atoms with van der Waals surface area (Å²) >= 11 is 0. The number of carbonyl (C=O) groups is 1. The van der Waals surface area contributed by atoms with E-state index in [1.54, 1.807) is 7.11 Å². The van der Waals surface area contributed by atoms with Gasteiger partial charge in [0.15, 0.2) is 0 Å². The van der Waals surface area contributed by atoms with E-state index in [2.05, 4.69) is 13.8 Å². The molecule has 3 heteroatoms. The second-order valence-electron chi connectivity index (χ2n) is 6.78. The summed E-state index contributed by atoms with van der Waals surface area (Å²) in [6, 6.07) is 0. The molecule has 0 bridgehead atoms. The molecule has 3 nitrogen and oxygen atoms in total. The van der Waals surface area contributed by atoms with Gasteiger partial charge in [-0.1, -0.05) is 13.8 Å². The topological polar surface area (TPSA) is 46.5 Å².